The zero-order chi connectivity index (χ0) is 13.4. The lowest BCUT2D eigenvalue weighted by atomic mass is 9.99. The van der Waals surface area contributed by atoms with E-state index in [0.29, 0.717) is 12.0 Å². The van der Waals surface area contributed by atoms with Gasteiger partial charge in [-0.3, -0.25) is 9.59 Å². The van der Waals surface area contributed by atoms with Crippen LogP contribution < -0.4 is 10.6 Å². The second-order valence-electron chi connectivity index (χ2n) is 5.23. The van der Waals surface area contributed by atoms with Crippen molar-refractivity contribution in [1.82, 2.24) is 10.2 Å². The number of likely N-dealkylation sites (N-methyl/N-ethyl adjacent to an activating group) is 1. The number of hydrogen-bond donors (Lipinski definition) is 2. The Bertz CT molecular complexity index is 541. The first-order valence-corrected chi connectivity index (χ1v) is 6.52. The van der Waals surface area contributed by atoms with Gasteiger partial charge in [0.15, 0.2) is 5.78 Å². The molecule has 1 unspecified atom stereocenters. The molecular weight excluding hydrogens is 242 g/mol. The second kappa shape index (κ2) is 4.75. The number of fused-ring (bicyclic) bond motifs is 1. The Kier molecular flexibility index (Phi) is 3.08. The summed E-state index contributed by atoms with van der Waals surface area (Å²) in [6.45, 7) is 2.53. The summed E-state index contributed by atoms with van der Waals surface area (Å²) in [4.78, 5) is 25.9. The molecule has 0 aliphatic carbocycles. The Balaban J connectivity index is 1.81. The molecule has 5 heteroatoms. The molecule has 2 N–H and O–H groups in total. The molecule has 5 nitrogen and oxygen atoms in total. The van der Waals surface area contributed by atoms with Crippen LogP contribution in [-0.2, 0) is 11.2 Å². The van der Waals surface area contributed by atoms with Crippen LogP contribution >= 0.6 is 0 Å². The molecule has 19 heavy (non-hydrogen) atoms. The van der Waals surface area contributed by atoms with E-state index in [1.807, 2.05) is 19.2 Å². The lowest BCUT2D eigenvalue weighted by Gasteiger charge is -2.30. The van der Waals surface area contributed by atoms with Gasteiger partial charge in [-0.25, -0.2) is 0 Å². The summed E-state index contributed by atoms with van der Waals surface area (Å²) in [5.41, 5.74) is 2.43. The molecular formula is C14H17N3O2. The molecule has 1 amide bonds. The van der Waals surface area contributed by atoms with Gasteiger partial charge in [0.1, 0.15) is 0 Å². The maximum Gasteiger partial charge on any atom is 0.228 e. The smallest absolute Gasteiger partial charge is 0.228 e. The van der Waals surface area contributed by atoms with Crippen LogP contribution in [0.2, 0.25) is 0 Å². The summed E-state index contributed by atoms with van der Waals surface area (Å²) in [7, 11) is 2.02. The van der Waals surface area contributed by atoms with Crippen LogP contribution in [0, 0.1) is 0 Å². The SMILES string of the molecule is CN1CCNC(C(=O)c2ccc3c(c2)CC(=O)N3)C1. The van der Waals surface area contributed by atoms with Crippen molar-refractivity contribution in [2.24, 2.45) is 0 Å². The van der Waals surface area contributed by atoms with Gasteiger partial charge in [0, 0.05) is 30.9 Å². The van der Waals surface area contributed by atoms with Crippen LogP contribution in [-0.4, -0.2) is 49.3 Å². The number of rotatable bonds is 2. The fourth-order valence-electron chi connectivity index (χ4n) is 2.66. The van der Waals surface area contributed by atoms with Gasteiger partial charge < -0.3 is 15.5 Å². The number of piperazine rings is 1. The van der Waals surface area contributed by atoms with Crippen LogP contribution in [0.1, 0.15) is 15.9 Å². The number of ketones is 1. The van der Waals surface area contributed by atoms with Gasteiger partial charge >= 0.3 is 0 Å². The number of nitrogens with zero attached hydrogens (tertiary/aromatic N) is 1. The minimum absolute atomic E-state index is 0.00452. The van der Waals surface area contributed by atoms with E-state index in [4.69, 9.17) is 0 Å². The molecule has 1 saturated heterocycles. The highest BCUT2D eigenvalue weighted by molar-refractivity contribution is 6.04. The van der Waals surface area contributed by atoms with Gasteiger partial charge in [0.25, 0.3) is 0 Å². The molecule has 1 fully saturated rings. The highest BCUT2D eigenvalue weighted by Gasteiger charge is 2.26. The van der Waals surface area contributed by atoms with Crippen molar-refractivity contribution < 1.29 is 9.59 Å². The van der Waals surface area contributed by atoms with Crippen molar-refractivity contribution in [3.63, 3.8) is 0 Å². The molecule has 2 heterocycles. The number of carbonyl (C=O) groups is 2. The second-order valence-corrected chi connectivity index (χ2v) is 5.23. The third-order valence-corrected chi connectivity index (χ3v) is 3.71. The van der Waals surface area contributed by atoms with Gasteiger partial charge in [-0.15, -0.1) is 0 Å². The summed E-state index contributed by atoms with van der Waals surface area (Å²) < 4.78 is 0. The van der Waals surface area contributed by atoms with E-state index in [0.717, 1.165) is 30.9 Å². The third-order valence-electron chi connectivity index (χ3n) is 3.71. The predicted octanol–water partition coefficient (Wildman–Crippen LogP) is 0.267. The third kappa shape index (κ3) is 2.39. The maximum atomic E-state index is 12.4. The van der Waals surface area contributed by atoms with E-state index in [-0.39, 0.29) is 17.7 Å². The van der Waals surface area contributed by atoms with Gasteiger partial charge in [0.2, 0.25) is 5.91 Å². The number of nitrogens with one attached hydrogen (secondary N) is 2. The summed E-state index contributed by atoms with van der Waals surface area (Å²) in [5.74, 6) is 0.101. The molecule has 1 aromatic rings. The topological polar surface area (TPSA) is 61.4 Å². The van der Waals surface area contributed by atoms with Gasteiger partial charge in [-0.05, 0) is 30.8 Å². The number of amides is 1. The van der Waals surface area contributed by atoms with Gasteiger partial charge in [-0.2, -0.15) is 0 Å². The molecule has 1 atom stereocenters. The Morgan fingerprint density at radius 1 is 1.42 bits per heavy atom. The zero-order valence-electron chi connectivity index (χ0n) is 10.9. The Morgan fingerprint density at radius 2 is 2.26 bits per heavy atom. The fraction of sp³-hybridized carbons (Fsp3) is 0.429. The maximum absolute atomic E-state index is 12.4. The number of Topliss-reactive ketones (excluding diaryl/α,β-unsaturated/α-hetero) is 1. The molecule has 3 rings (SSSR count). The minimum atomic E-state index is -0.151. The molecule has 2 aliphatic rings. The van der Waals surface area contributed by atoms with Gasteiger partial charge in [0.05, 0.1) is 12.5 Å². The zero-order valence-corrected chi connectivity index (χ0v) is 10.9. The van der Waals surface area contributed by atoms with Crippen molar-refractivity contribution in [2.45, 2.75) is 12.5 Å². The van der Waals surface area contributed by atoms with Crippen molar-refractivity contribution >= 4 is 17.4 Å². The molecule has 0 bridgehead atoms. The van der Waals surface area contributed by atoms with Crippen molar-refractivity contribution in [1.29, 1.82) is 0 Å². The molecule has 2 aliphatic heterocycles. The van der Waals surface area contributed by atoms with E-state index in [1.54, 1.807) is 6.07 Å². The minimum Gasteiger partial charge on any atom is -0.326 e. The van der Waals surface area contributed by atoms with E-state index >= 15 is 0 Å². The summed E-state index contributed by atoms with van der Waals surface area (Å²) in [6.07, 6.45) is 0.369. The summed E-state index contributed by atoms with van der Waals surface area (Å²) in [6, 6.07) is 5.30. The summed E-state index contributed by atoms with van der Waals surface area (Å²) >= 11 is 0. The van der Waals surface area contributed by atoms with Crippen molar-refractivity contribution in [2.75, 3.05) is 32.0 Å². The normalized spacial score (nSPS) is 23.0. The molecule has 0 saturated carbocycles. The quantitative estimate of drug-likeness (QED) is 0.748. The highest BCUT2D eigenvalue weighted by Crippen LogP contribution is 2.24. The average Bonchev–Trinajstić information content (AvgIpc) is 2.76. The Morgan fingerprint density at radius 3 is 3.05 bits per heavy atom. The van der Waals surface area contributed by atoms with Crippen LogP contribution in [0.25, 0.3) is 0 Å². The number of hydrogen-bond acceptors (Lipinski definition) is 4. The van der Waals surface area contributed by atoms with Crippen LogP contribution in [0.4, 0.5) is 5.69 Å². The highest BCUT2D eigenvalue weighted by atomic mass is 16.2. The van der Waals surface area contributed by atoms with E-state index in [2.05, 4.69) is 15.5 Å². The molecule has 0 spiro atoms. The fourth-order valence-corrected chi connectivity index (χ4v) is 2.66. The first-order valence-electron chi connectivity index (χ1n) is 6.52. The number of anilines is 1. The van der Waals surface area contributed by atoms with Crippen LogP contribution in [0.3, 0.4) is 0 Å². The monoisotopic (exact) mass is 259 g/mol. The van der Waals surface area contributed by atoms with E-state index < -0.39 is 0 Å². The van der Waals surface area contributed by atoms with Crippen LogP contribution in [0.5, 0.6) is 0 Å². The molecule has 1 aromatic carbocycles. The first kappa shape index (κ1) is 12.3. The van der Waals surface area contributed by atoms with Crippen molar-refractivity contribution in [3.05, 3.63) is 29.3 Å². The summed E-state index contributed by atoms with van der Waals surface area (Å²) in [5, 5.41) is 6.03. The molecule has 0 radical (unpaired) electrons. The van der Waals surface area contributed by atoms with Crippen molar-refractivity contribution in [3.8, 4) is 0 Å². The van der Waals surface area contributed by atoms with Gasteiger partial charge in [-0.1, -0.05) is 0 Å². The van der Waals surface area contributed by atoms with Crippen LogP contribution in [0.15, 0.2) is 18.2 Å². The Hall–Kier alpha value is -1.72. The predicted molar refractivity (Wildman–Crippen MR) is 72.4 cm³/mol. The molecule has 0 aromatic heterocycles. The molecule has 100 valence electrons. The standard InChI is InChI=1S/C14H17N3O2/c1-17-5-4-15-12(8-17)14(19)9-2-3-11-10(6-9)7-13(18)16-11/h2-3,6,12,15H,4-5,7-8H2,1H3,(H,16,18). The van der Waals surface area contributed by atoms with E-state index in [9.17, 15) is 9.59 Å². The lowest BCUT2D eigenvalue weighted by Crippen LogP contribution is -2.52. The number of benzene rings is 1. The first-order chi connectivity index (χ1) is 9.13. The lowest BCUT2D eigenvalue weighted by molar-refractivity contribution is -0.115. The Labute approximate surface area is 112 Å². The average molecular weight is 259 g/mol. The largest absolute Gasteiger partial charge is 0.326 e. The van der Waals surface area contributed by atoms with E-state index in [1.165, 1.54) is 0 Å². The number of carbonyl (C=O) groups excluding carboxylic acids is 2.